The van der Waals surface area contributed by atoms with Crippen molar-refractivity contribution in [3.05, 3.63) is 0 Å². The molecule has 0 radical (unpaired) electrons. The topological polar surface area (TPSA) is 219 Å². The second-order valence-electron chi connectivity index (χ2n) is 19.2. The average Bonchev–Trinajstić information content (AvgIpc) is 3.40. The van der Waals surface area contributed by atoms with Crippen molar-refractivity contribution in [2.75, 3.05) is 13.1 Å². The molecule has 1 spiro atoms. The lowest BCUT2D eigenvalue weighted by Gasteiger charge is -2.64. The SMILES string of the molecule is CCC(C)C(=O)O[C@H]1[C@H](O)[C@H]2[C@@H](CN3C[C@@H](C)CC[C@H]3[C@@]2(C)O)[C@@H]2C[C@@]34OC5(O)C(C(OC(C)=O)[C@@H](OC(C)=O)[C@H]3[C@@]21O)[C@]4(C)CC[C@@H]5OC(=O)C(C)(O)CC. The number of carbonyl (C=O) groups is 4. The maximum absolute atomic E-state index is 13.9. The Morgan fingerprint density at radius 2 is 1.55 bits per heavy atom. The summed E-state index contributed by atoms with van der Waals surface area (Å²) in [5, 5.41) is 62.9. The van der Waals surface area contributed by atoms with Crippen molar-refractivity contribution in [2.45, 2.75) is 172 Å². The first-order valence-corrected chi connectivity index (χ1v) is 20.7. The second kappa shape index (κ2) is 13.6. The van der Waals surface area contributed by atoms with Gasteiger partial charge in [-0.15, -0.1) is 0 Å². The number of aliphatic hydroxyl groups excluding tert-OH is 1. The number of carbonyl (C=O) groups excluding carboxylic acids is 4. The Balaban J connectivity index is 1.45. The van der Waals surface area contributed by atoms with E-state index in [0.29, 0.717) is 31.8 Å². The van der Waals surface area contributed by atoms with E-state index >= 15 is 0 Å². The van der Waals surface area contributed by atoms with Crippen LogP contribution < -0.4 is 0 Å². The number of esters is 4. The summed E-state index contributed by atoms with van der Waals surface area (Å²) in [4.78, 5) is 55.6. The molecule has 15 nitrogen and oxygen atoms in total. The minimum atomic E-state index is -2.38. The molecule has 7 rings (SSSR count). The number of hydrogen-bond donors (Lipinski definition) is 5. The van der Waals surface area contributed by atoms with Crippen LogP contribution in [0.5, 0.6) is 0 Å². The van der Waals surface area contributed by atoms with Crippen molar-refractivity contribution in [2.24, 2.45) is 46.8 Å². The molecule has 19 atom stereocenters. The Hall–Kier alpha value is -2.40. The molecule has 5 unspecified atom stereocenters. The van der Waals surface area contributed by atoms with Crippen molar-refractivity contribution >= 4 is 23.9 Å². The number of ether oxygens (including phenoxy) is 5. The lowest BCUT2D eigenvalue weighted by atomic mass is 9.48. The molecule has 316 valence electrons. The van der Waals surface area contributed by atoms with Crippen LogP contribution in [0.2, 0.25) is 0 Å². The third-order valence-electron chi connectivity index (χ3n) is 16.0. The largest absolute Gasteiger partial charge is 0.458 e. The second-order valence-corrected chi connectivity index (χ2v) is 19.2. The van der Waals surface area contributed by atoms with Crippen LogP contribution in [0.1, 0.15) is 107 Å². The van der Waals surface area contributed by atoms with Crippen molar-refractivity contribution in [1.29, 1.82) is 0 Å². The van der Waals surface area contributed by atoms with E-state index in [1.54, 1.807) is 20.8 Å². The molecule has 15 heteroatoms. The van der Waals surface area contributed by atoms with Gasteiger partial charge >= 0.3 is 23.9 Å². The van der Waals surface area contributed by atoms with Gasteiger partial charge in [0.15, 0.2) is 17.8 Å². The number of rotatable bonds is 8. The molecule has 5 N–H and O–H groups in total. The van der Waals surface area contributed by atoms with Crippen LogP contribution in [0.4, 0.5) is 0 Å². The van der Waals surface area contributed by atoms with Crippen molar-refractivity contribution in [3.8, 4) is 0 Å². The van der Waals surface area contributed by atoms with Gasteiger partial charge in [0.25, 0.3) is 0 Å². The Bertz CT molecular complexity index is 1620. The molecule has 4 bridgehead atoms. The molecule has 3 heterocycles. The zero-order valence-corrected chi connectivity index (χ0v) is 34.2. The summed E-state index contributed by atoms with van der Waals surface area (Å²) in [7, 11) is 0. The molecule has 0 aromatic carbocycles. The van der Waals surface area contributed by atoms with Gasteiger partial charge in [0.05, 0.1) is 35.1 Å². The lowest BCUT2D eigenvalue weighted by Crippen LogP contribution is -2.78. The molecule has 7 fully saturated rings. The van der Waals surface area contributed by atoms with Crippen LogP contribution in [-0.4, -0.2) is 132 Å². The molecule has 0 amide bonds. The number of hydrogen-bond acceptors (Lipinski definition) is 15. The summed E-state index contributed by atoms with van der Waals surface area (Å²) < 4.78 is 31.3. The monoisotopic (exact) mass is 793 g/mol. The van der Waals surface area contributed by atoms with Gasteiger partial charge in [-0.05, 0) is 76.5 Å². The Labute approximate surface area is 328 Å². The normalized spacial score (nSPS) is 50.5. The highest BCUT2D eigenvalue weighted by atomic mass is 16.7. The smallest absolute Gasteiger partial charge is 0.338 e. The summed E-state index contributed by atoms with van der Waals surface area (Å²) in [6.07, 6.45) is -5.31. The summed E-state index contributed by atoms with van der Waals surface area (Å²) in [5.41, 5.74) is -8.37. The highest BCUT2D eigenvalue weighted by Crippen LogP contribution is 2.78. The lowest BCUT2D eigenvalue weighted by molar-refractivity contribution is -0.301. The summed E-state index contributed by atoms with van der Waals surface area (Å²) >= 11 is 0. The van der Waals surface area contributed by atoms with E-state index in [0.717, 1.165) is 6.42 Å². The first kappa shape index (κ1) is 41.7. The fraction of sp³-hybridized carbons (Fsp3) is 0.902. The molecule has 4 aliphatic carbocycles. The van der Waals surface area contributed by atoms with E-state index in [1.807, 2.05) is 13.8 Å². The summed E-state index contributed by atoms with van der Waals surface area (Å²) in [6.45, 7) is 15.5. The molecule has 4 saturated carbocycles. The molecule has 0 aromatic heterocycles. The van der Waals surface area contributed by atoms with Gasteiger partial charge in [0.2, 0.25) is 5.79 Å². The Morgan fingerprint density at radius 3 is 2.14 bits per heavy atom. The fourth-order valence-corrected chi connectivity index (χ4v) is 13.1. The van der Waals surface area contributed by atoms with Crippen LogP contribution in [-0.2, 0) is 42.9 Å². The van der Waals surface area contributed by atoms with Crippen LogP contribution >= 0.6 is 0 Å². The van der Waals surface area contributed by atoms with Crippen molar-refractivity contribution in [3.63, 3.8) is 0 Å². The van der Waals surface area contributed by atoms with Gasteiger partial charge in [0.1, 0.15) is 17.8 Å². The number of aliphatic hydroxyl groups is 5. The minimum absolute atomic E-state index is 0.0107. The number of piperidine rings is 2. The minimum Gasteiger partial charge on any atom is -0.458 e. The first-order chi connectivity index (χ1) is 26.0. The van der Waals surface area contributed by atoms with E-state index in [1.165, 1.54) is 20.8 Å². The van der Waals surface area contributed by atoms with Crippen LogP contribution in [0.15, 0.2) is 0 Å². The fourth-order valence-electron chi connectivity index (χ4n) is 13.1. The van der Waals surface area contributed by atoms with Gasteiger partial charge in [-0.1, -0.05) is 34.6 Å². The van der Waals surface area contributed by atoms with E-state index in [9.17, 15) is 44.7 Å². The standard InChI is InChI=1S/C41H63NO14/c1-10-20(4)34(46)55-33-28(45)27-23(18-42-17-19(3)12-13-25(42)38(27,9)49)24-16-39-32(40(24,33)50)30(53-22(6)44)29(52-21(5)43)31-36(39,7)15-14-26(41(31,51)56-39)54-35(47)37(8,48)11-2/h19-20,23-33,45,48-51H,10-18H2,1-9H3/t19-,20?,23-,24-,25-,26-,27+,28+,29?,30+,31?,32+,33-,36-,37?,38+,39+,40-,41?/m0/s1. The van der Waals surface area contributed by atoms with Gasteiger partial charge < -0.3 is 49.2 Å². The quantitative estimate of drug-likeness (QED) is 0.174. The van der Waals surface area contributed by atoms with Crippen molar-refractivity contribution in [1.82, 2.24) is 4.90 Å². The number of fused-ring (bicyclic) bond motifs is 5. The maximum Gasteiger partial charge on any atom is 0.338 e. The summed E-state index contributed by atoms with van der Waals surface area (Å²) in [5.74, 6) is -10.8. The molecular formula is C41H63NO14. The average molecular weight is 794 g/mol. The zero-order chi connectivity index (χ0) is 41.3. The molecular weight excluding hydrogens is 730 g/mol. The van der Waals surface area contributed by atoms with Gasteiger partial charge in [-0.25, -0.2) is 4.79 Å². The molecule has 3 saturated heterocycles. The summed E-state index contributed by atoms with van der Waals surface area (Å²) in [6, 6.07) is -0.309. The van der Waals surface area contributed by atoms with Gasteiger partial charge in [0, 0.05) is 44.3 Å². The van der Waals surface area contributed by atoms with Crippen LogP contribution in [0.25, 0.3) is 0 Å². The van der Waals surface area contributed by atoms with Crippen LogP contribution in [0, 0.1) is 46.8 Å². The van der Waals surface area contributed by atoms with Gasteiger partial charge in [-0.3, -0.25) is 19.3 Å². The number of nitrogens with zero attached hydrogens (tertiary/aromatic N) is 1. The predicted octanol–water partition coefficient (Wildman–Crippen LogP) is 1.61. The molecule has 3 aliphatic heterocycles. The molecule has 7 aliphatic rings. The predicted molar refractivity (Wildman–Crippen MR) is 195 cm³/mol. The van der Waals surface area contributed by atoms with E-state index in [2.05, 4.69) is 11.8 Å². The molecule has 0 aromatic rings. The highest BCUT2D eigenvalue weighted by Gasteiger charge is 2.90. The maximum atomic E-state index is 13.9. The highest BCUT2D eigenvalue weighted by molar-refractivity contribution is 5.79. The van der Waals surface area contributed by atoms with E-state index in [-0.39, 0.29) is 31.7 Å². The van der Waals surface area contributed by atoms with Crippen LogP contribution in [0.3, 0.4) is 0 Å². The zero-order valence-electron chi connectivity index (χ0n) is 34.2. The van der Waals surface area contributed by atoms with Gasteiger partial charge in [-0.2, -0.15) is 0 Å². The Morgan fingerprint density at radius 1 is 0.929 bits per heavy atom. The third kappa shape index (κ3) is 5.60. The van der Waals surface area contributed by atoms with E-state index < -0.39 is 124 Å². The van der Waals surface area contributed by atoms with Crippen molar-refractivity contribution < 1.29 is 68.4 Å². The Kier molecular flexibility index (Phi) is 10.1. The third-order valence-corrected chi connectivity index (χ3v) is 16.0. The van der Waals surface area contributed by atoms with E-state index in [4.69, 9.17) is 23.7 Å². The molecule has 56 heavy (non-hydrogen) atoms. The first-order valence-electron chi connectivity index (χ1n) is 20.7.